The normalized spacial score (nSPS) is 18.9. The summed E-state index contributed by atoms with van der Waals surface area (Å²) in [6, 6.07) is 23.4. The number of nitrogens with zero attached hydrogens (tertiary/aromatic N) is 5. The van der Waals surface area contributed by atoms with Crippen molar-refractivity contribution >= 4 is 45.5 Å². The SMILES string of the molecule is COC(=O)C1=NN(c2ccc([N+](=O)[O-])cc2)[C@]2(S1)c1ccccc1C(C)=NN2c1ccccc1. The van der Waals surface area contributed by atoms with E-state index in [1.165, 1.54) is 31.0 Å². The van der Waals surface area contributed by atoms with Gasteiger partial charge in [-0.2, -0.15) is 10.2 Å². The van der Waals surface area contributed by atoms with Gasteiger partial charge in [0.2, 0.25) is 10.0 Å². The molecule has 0 unspecified atom stereocenters. The molecule has 9 nitrogen and oxygen atoms in total. The van der Waals surface area contributed by atoms with E-state index in [9.17, 15) is 14.9 Å². The number of fused-ring (bicyclic) bond motifs is 2. The summed E-state index contributed by atoms with van der Waals surface area (Å²) in [5.74, 6) is -0.578. The second-order valence-electron chi connectivity index (χ2n) is 7.57. The molecule has 2 aliphatic heterocycles. The molecule has 10 heteroatoms. The van der Waals surface area contributed by atoms with Crippen molar-refractivity contribution in [1.82, 2.24) is 0 Å². The van der Waals surface area contributed by atoms with Crippen molar-refractivity contribution in [2.75, 3.05) is 17.1 Å². The van der Waals surface area contributed by atoms with Crippen molar-refractivity contribution in [3.8, 4) is 0 Å². The van der Waals surface area contributed by atoms with E-state index < -0.39 is 15.9 Å². The van der Waals surface area contributed by atoms with Crippen LogP contribution in [-0.2, 0) is 14.5 Å². The minimum absolute atomic E-state index is 0.0420. The fourth-order valence-corrected chi connectivity index (χ4v) is 5.36. The quantitative estimate of drug-likeness (QED) is 0.308. The van der Waals surface area contributed by atoms with Gasteiger partial charge in [0.05, 0.1) is 29.1 Å². The third-order valence-electron chi connectivity index (χ3n) is 5.59. The Morgan fingerprint density at radius 1 is 0.941 bits per heavy atom. The standard InChI is InChI=1S/C24H19N5O4S/c1-16-20-10-6-7-11-21(20)24(27(25-16)17-8-4-3-5-9-17)28(26-22(34-24)23(30)33-2)18-12-14-19(15-13-18)29(31)32/h3-15H,1-2H3/t24-/m0/s1. The van der Waals surface area contributed by atoms with Crippen molar-refractivity contribution < 1.29 is 14.5 Å². The van der Waals surface area contributed by atoms with Crippen LogP contribution in [0.15, 0.2) is 89.1 Å². The number of non-ortho nitro benzene ring substituents is 1. The van der Waals surface area contributed by atoms with Crippen LogP contribution in [0.5, 0.6) is 0 Å². The molecular weight excluding hydrogens is 454 g/mol. The second-order valence-corrected chi connectivity index (χ2v) is 8.73. The van der Waals surface area contributed by atoms with E-state index >= 15 is 0 Å². The summed E-state index contributed by atoms with van der Waals surface area (Å²) in [6.45, 7) is 1.93. The first-order chi connectivity index (χ1) is 16.5. The molecular formula is C24H19N5O4S. The molecule has 1 spiro atoms. The molecule has 0 saturated carbocycles. The zero-order valence-electron chi connectivity index (χ0n) is 18.3. The van der Waals surface area contributed by atoms with Gasteiger partial charge in [0, 0.05) is 23.3 Å². The van der Waals surface area contributed by atoms with Gasteiger partial charge in [-0.3, -0.25) is 10.1 Å². The van der Waals surface area contributed by atoms with Crippen LogP contribution in [0, 0.1) is 10.1 Å². The number of hydrazone groups is 2. The van der Waals surface area contributed by atoms with Crippen LogP contribution >= 0.6 is 11.8 Å². The molecule has 3 aromatic carbocycles. The smallest absolute Gasteiger partial charge is 0.365 e. The maximum Gasteiger partial charge on any atom is 0.365 e. The summed E-state index contributed by atoms with van der Waals surface area (Å²) in [7, 11) is 1.30. The number of anilines is 2. The van der Waals surface area contributed by atoms with Crippen LogP contribution in [-0.4, -0.2) is 28.8 Å². The Hall–Kier alpha value is -4.18. The molecule has 0 fully saturated rings. The molecule has 5 rings (SSSR count). The van der Waals surface area contributed by atoms with Crippen LogP contribution in [0.25, 0.3) is 0 Å². The maximum atomic E-state index is 12.6. The van der Waals surface area contributed by atoms with Crippen LogP contribution in [0.3, 0.4) is 0 Å². The molecule has 0 saturated heterocycles. The van der Waals surface area contributed by atoms with Gasteiger partial charge in [0.15, 0.2) is 0 Å². The number of ether oxygens (including phenoxy) is 1. The molecule has 0 bridgehead atoms. The Kier molecular flexibility index (Phi) is 5.29. The molecule has 2 aliphatic rings. The fraction of sp³-hybridized carbons (Fsp3) is 0.125. The third kappa shape index (κ3) is 3.30. The van der Waals surface area contributed by atoms with Gasteiger partial charge < -0.3 is 4.74 Å². The Morgan fingerprint density at radius 3 is 2.24 bits per heavy atom. The number of carbonyl (C=O) groups excluding carboxylic acids is 1. The number of carbonyl (C=O) groups is 1. The monoisotopic (exact) mass is 473 g/mol. The highest BCUT2D eigenvalue weighted by molar-refractivity contribution is 8.16. The molecule has 170 valence electrons. The highest BCUT2D eigenvalue weighted by atomic mass is 32.2. The van der Waals surface area contributed by atoms with Crippen LogP contribution < -0.4 is 10.0 Å². The van der Waals surface area contributed by atoms with Crippen LogP contribution in [0.2, 0.25) is 0 Å². The maximum absolute atomic E-state index is 12.6. The van der Waals surface area contributed by atoms with Crippen molar-refractivity contribution in [3.63, 3.8) is 0 Å². The molecule has 1 atom stereocenters. The van der Waals surface area contributed by atoms with E-state index in [-0.39, 0.29) is 10.7 Å². The molecule has 0 radical (unpaired) electrons. The predicted molar refractivity (Wildman–Crippen MR) is 132 cm³/mol. The largest absolute Gasteiger partial charge is 0.464 e. The van der Waals surface area contributed by atoms with Gasteiger partial charge in [-0.25, -0.2) is 14.8 Å². The molecule has 0 N–H and O–H groups in total. The van der Waals surface area contributed by atoms with Gasteiger partial charge in [0.25, 0.3) is 5.69 Å². The lowest BCUT2D eigenvalue weighted by atomic mass is 9.98. The van der Waals surface area contributed by atoms with Crippen molar-refractivity contribution in [3.05, 3.63) is 100 Å². The van der Waals surface area contributed by atoms with Gasteiger partial charge in [-0.1, -0.05) is 42.5 Å². The lowest BCUT2D eigenvalue weighted by molar-refractivity contribution is -0.384. The van der Waals surface area contributed by atoms with Gasteiger partial charge in [0.1, 0.15) is 0 Å². The summed E-state index contributed by atoms with van der Waals surface area (Å²) in [5.41, 5.74) is 3.90. The number of hydrogen-bond donors (Lipinski definition) is 0. The van der Waals surface area contributed by atoms with Gasteiger partial charge in [-0.15, -0.1) is 0 Å². The molecule has 0 amide bonds. The summed E-state index contributed by atoms with van der Waals surface area (Å²) >= 11 is 1.21. The number of nitro benzene ring substituents is 1. The summed E-state index contributed by atoms with van der Waals surface area (Å²) < 4.78 is 4.99. The molecule has 2 heterocycles. The summed E-state index contributed by atoms with van der Waals surface area (Å²) in [5, 5.41) is 24.4. The highest BCUT2D eigenvalue weighted by Crippen LogP contribution is 2.54. The third-order valence-corrected chi connectivity index (χ3v) is 6.88. The topological polar surface area (TPSA) is 101 Å². The molecule has 3 aromatic rings. The summed E-state index contributed by atoms with van der Waals surface area (Å²) in [4.78, 5) is 22.3. The van der Waals surface area contributed by atoms with E-state index in [1.807, 2.05) is 66.5 Å². The number of benzene rings is 3. The van der Waals surface area contributed by atoms with Crippen LogP contribution in [0.4, 0.5) is 17.1 Å². The van der Waals surface area contributed by atoms with E-state index in [1.54, 1.807) is 17.1 Å². The van der Waals surface area contributed by atoms with E-state index in [2.05, 4.69) is 5.10 Å². The Morgan fingerprint density at radius 2 is 1.56 bits per heavy atom. The van der Waals surface area contributed by atoms with Crippen molar-refractivity contribution in [1.29, 1.82) is 0 Å². The first kappa shape index (κ1) is 21.7. The van der Waals surface area contributed by atoms with Gasteiger partial charge in [-0.05, 0) is 43.0 Å². The average Bonchev–Trinajstić information content (AvgIpc) is 3.27. The van der Waals surface area contributed by atoms with E-state index in [4.69, 9.17) is 9.84 Å². The number of methoxy groups -OCH3 is 1. The number of rotatable bonds is 4. The Balaban J connectivity index is 1.78. The van der Waals surface area contributed by atoms with E-state index in [0.717, 1.165) is 22.5 Å². The number of para-hydroxylation sites is 1. The Labute approximate surface area is 199 Å². The van der Waals surface area contributed by atoms with E-state index in [0.29, 0.717) is 5.69 Å². The minimum Gasteiger partial charge on any atom is -0.464 e. The first-order valence-electron chi connectivity index (χ1n) is 10.4. The van der Waals surface area contributed by atoms with Crippen LogP contribution in [0.1, 0.15) is 18.1 Å². The number of esters is 1. The van der Waals surface area contributed by atoms with Crippen molar-refractivity contribution in [2.24, 2.45) is 10.2 Å². The first-order valence-corrected chi connectivity index (χ1v) is 11.2. The minimum atomic E-state index is -1.11. The van der Waals surface area contributed by atoms with Crippen molar-refractivity contribution in [2.45, 2.75) is 11.9 Å². The zero-order chi connectivity index (χ0) is 23.9. The molecule has 34 heavy (non-hydrogen) atoms. The molecule has 0 aliphatic carbocycles. The number of thioether (sulfide) groups is 1. The zero-order valence-corrected chi connectivity index (χ0v) is 19.1. The number of hydrogen-bond acceptors (Lipinski definition) is 9. The predicted octanol–water partition coefficient (Wildman–Crippen LogP) is 4.69. The number of nitro groups is 1. The fourth-order valence-electron chi connectivity index (χ4n) is 4.05. The lowest BCUT2D eigenvalue weighted by Gasteiger charge is -2.46. The Bertz CT molecular complexity index is 1340. The lowest BCUT2D eigenvalue weighted by Crippen LogP contribution is -2.53. The van der Waals surface area contributed by atoms with Gasteiger partial charge >= 0.3 is 5.97 Å². The molecule has 0 aromatic heterocycles. The average molecular weight is 474 g/mol. The second kappa shape index (κ2) is 8.31. The highest BCUT2D eigenvalue weighted by Gasteiger charge is 2.56. The summed E-state index contributed by atoms with van der Waals surface area (Å²) in [6.07, 6.45) is 0.